The van der Waals surface area contributed by atoms with E-state index in [1.807, 2.05) is 0 Å². The monoisotopic (exact) mass is 253 g/mol. The minimum absolute atomic E-state index is 0.0795. The molecule has 1 fully saturated rings. The van der Waals surface area contributed by atoms with Gasteiger partial charge in [0.05, 0.1) is 7.21 Å². The third kappa shape index (κ3) is 2.18. The standard InChI is InChI=1S/C9H12BrN3/c10-8-6-11-9(12-7-8)13-4-2-1-3-5-13/h6-7H,1-5H2/i1D2,2D2,3D2,4D2,5D2,6D,7D. The highest BCUT2D eigenvalue weighted by atomic mass is 79.9. The highest BCUT2D eigenvalue weighted by Gasteiger charge is 2.12. The van der Waals surface area contributed by atoms with E-state index in [0.717, 1.165) is 0 Å². The molecule has 0 amide bonds. The van der Waals surface area contributed by atoms with Gasteiger partial charge in [0.1, 0.15) is 0 Å². The zero-order chi connectivity index (χ0) is 19.8. The third-order valence-electron chi connectivity index (χ3n) is 1.17. The van der Waals surface area contributed by atoms with Crippen molar-refractivity contribution in [2.75, 3.05) is 17.9 Å². The second-order valence-electron chi connectivity index (χ2n) is 2.00. The van der Waals surface area contributed by atoms with Gasteiger partial charge in [-0.15, -0.1) is 0 Å². The lowest BCUT2D eigenvalue weighted by molar-refractivity contribution is 0.568. The maximum Gasteiger partial charge on any atom is 0.225 e. The molecular weight excluding hydrogens is 230 g/mol. The minimum Gasteiger partial charge on any atom is -0.341 e. The van der Waals surface area contributed by atoms with Crippen LogP contribution in [0.1, 0.15) is 35.6 Å². The Hall–Kier alpha value is -0.640. The molecule has 70 valence electrons. The van der Waals surface area contributed by atoms with Crippen LogP contribution in [0.5, 0.6) is 0 Å². The zero-order valence-corrected chi connectivity index (χ0v) is 7.81. The number of hydrogen-bond donors (Lipinski definition) is 0. The van der Waals surface area contributed by atoms with Gasteiger partial charge in [0, 0.05) is 39.0 Å². The van der Waals surface area contributed by atoms with Gasteiger partial charge in [-0.25, -0.2) is 9.97 Å². The van der Waals surface area contributed by atoms with Gasteiger partial charge in [-0.3, -0.25) is 0 Å². The topological polar surface area (TPSA) is 29.0 Å². The van der Waals surface area contributed by atoms with E-state index in [-0.39, 0.29) is 9.37 Å². The summed E-state index contributed by atoms with van der Waals surface area (Å²) < 4.78 is 93.5. The van der Waals surface area contributed by atoms with Crippen LogP contribution in [0.3, 0.4) is 0 Å². The quantitative estimate of drug-likeness (QED) is 0.769. The summed E-state index contributed by atoms with van der Waals surface area (Å²) in [4.78, 5) is 6.93. The molecule has 1 aromatic heterocycles. The molecule has 0 aliphatic carbocycles. The van der Waals surface area contributed by atoms with E-state index in [4.69, 9.17) is 16.4 Å². The Bertz CT molecular complexity index is 667. The summed E-state index contributed by atoms with van der Waals surface area (Å²) in [6.07, 6.45) is -11.8. The predicted octanol–water partition coefficient (Wildman–Crippen LogP) is 2.23. The number of rotatable bonds is 1. The molecule has 1 aliphatic rings. The number of hydrogen-bond acceptors (Lipinski definition) is 3. The number of anilines is 1. The Balaban J connectivity index is 2.84. The molecule has 0 atom stereocenters. The van der Waals surface area contributed by atoms with Crippen molar-refractivity contribution in [1.82, 2.24) is 9.97 Å². The number of piperidine rings is 1. The number of halogens is 1. The molecule has 2 rings (SSSR count). The molecule has 0 radical (unpaired) electrons. The molecule has 1 saturated heterocycles. The minimum atomic E-state index is -3.55. The van der Waals surface area contributed by atoms with Crippen LogP contribution in [-0.2, 0) is 0 Å². The summed E-state index contributed by atoms with van der Waals surface area (Å²) in [5.41, 5.74) is 0. The van der Waals surface area contributed by atoms with Gasteiger partial charge in [0.15, 0.2) is 0 Å². The molecular formula is C9H12BrN3. The van der Waals surface area contributed by atoms with Gasteiger partial charge in [-0.1, -0.05) is 0 Å². The van der Waals surface area contributed by atoms with Gasteiger partial charge in [-0.05, 0) is 35.0 Å². The molecule has 1 aliphatic heterocycles. The maximum absolute atomic E-state index is 7.96. The molecule has 0 aromatic carbocycles. The Morgan fingerprint density at radius 2 is 1.92 bits per heavy atom. The highest BCUT2D eigenvalue weighted by molar-refractivity contribution is 9.10. The van der Waals surface area contributed by atoms with E-state index >= 15 is 0 Å². The van der Waals surface area contributed by atoms with E-state index < -0.39 is 50.4 Å². The van der Waals surface area contributed by atoms with Crippen LogP contribution < -0.4 is 4.90 Å². The van der Waals surface area contributed by atoms with E-state index in [9.17, 15) is 0 Å². The molecule has 0 bridgehead atoms. The van der Waals surface area contributed by atoms with Gasteiger partial charge >= 0.3 is 0 Å². The number of aromatic nitrogens is 2. The molecule has 2 heterocycles. The van der Waals surface area contributed by atoms with Gasteiger partial charge in [-0.2, -0.15) is 0 Å². The van der Waals surface area contributed by atoms with Crippen molar-refractivity contribution in [2.24, 2.45) is 0 Å². The first-order valence-corrected chi connectivity index (χ1v) is 4.05. The molecule has 4 heteroatoms. The predicted molar refractivity (Wildman–Crippen MR) is 55.8 cm³/mol. The van der Waals surface area contributed by atoms with E-state index in [0.29, 0.717) is 0 Å². The largest absolute Gasteiger partial charge is 0.341 e. The van der Waals surface area contributed by atoms with Crippen LogP contribution in [0.15, 0.2) is 16.8 Å². The summed E-state index contributed by atoms with van der Waals surface area (Å²) in [5.74, 6) is -0.934. The normalized spacial score (nSPS) is 50.4. The van der Waals surface area contributed by atoms with Crippen LogP contribution in [0.4, 0.5) is 5.95 Å². The lowest BCUT2D eigenvalue weighted by Crippen LogP contribution is -2.30. The summed E-state index contributed by atoms with van der Waals surface area (Å²) in [6.45, 7) is -6.86. The summed E-state index contributed by atoms with van der Waals surface area (Å²) >= 11 is 2.84. The van der Waals surface area contributed by atoms with Crippen molar-refractivity contribution in [3.8, 4) is 0 Å². The molecule has 13 heavy (non-hydrogen) atoms. The average molecular weight is 254 g/mol. The molecule has 3 nitrogen and oxygen atoms in total. The van der Waals surface area contributed by atoms with Crippen LogP contribution in [0.25, 0.3) is 0 Å². The van der Waals surface area contributed by atoms with Gasteiger partial charge < -0.3 is 4.90 Å². The molecule has 0 spiro atoms. The van der Waals surface area contributed by atoms with E-state index in [2.05, 4.69) is 25.9 Å². The first kappa shape index (κ1) is 2.48. The summed E-state index contributed by atoms with van der Waals surface area (Å²) in [5, 5.41) is 0. The van der Waals surface area contributed by atoms with Crippen molar-refractivity contribution in [1.29, 1.82) is 0 Å². The fourth-order valence-electron chi connectivity index (χ4n) is 0.675. The summed E-state index contributed by atoms with van der Waals surface area (Å²) in [6, 6.07) is 0. The van der Waals surface area contributed by atoms with E-state index in [1.165, 1.54) is 0 Å². The van der Waals surface area contributed by atoms with Crippen molar-refractivity contribution in [3.05, 3.63) is 16.8 Å². The van der Waals surface area contributed by atoms with Crippen molar-refractivity contribution in [3.63, 3.8) is 0 Å². The lowest BCUT2D eigenvalue weighted by Gasteiger charge is -2.26. The third-order valence-corrected chi connectivity index (χ3v) is 1.52. The van der Waals surface area contributed by atoms with Crippen LogP contribution >= 0.6 is 15.9 Å². The molecule has 1 aromatic rings. The second-order valence-corrected chi connectivity index (χ2v) is 2.79. The second kappa shape index (κ2) is 4.05. The van der Waals surface area contributed by atoms with E-state index in [1.54, 1.807) is 0 Å². The van der Waals surface area contributed by atoms with Crippen molar-refractivity contribution < 1.29 is 16.4 Å². The molecule has 0 saturated carbocycles. The Morgan fingerprint density at radius 3 is 2.54 bits per heavy atom. The van der Waals surface area contributed by atoms with Crippen LogP contribution in [0.2, 0.25) is 0 Å². The molecule has 0 unspecified atom stereocenters. The van der Waals surface area contributed by atoms with Crippen LogP contribution in [0, 0.1) is 0 Å². The van der Waals surface area contributed by atoms with Gasteiger partial charge in [0.25, 0.3) is 0 Å². The lowest BCUT2D eigenvalue weighted by atomic mass is 10.1. The Labute approximate surface area is 103 Å². The number of nitrogens with zero attached hydrogens (tertiary/aromatic N) is 3. The summed E-state index contributed by atoms with van der Waals surface area (Å²) in [7, 11) is 0. The first-order chi connectivity index (χ1) is 10.9. The Morgan fingerprint density at radius 1 is 1.31 bits per heavy atom. The zero-order valence-electron chi connectivity index (χ0n) is 18.2. The maximum atomic E-state index is 7.96. The smallest absolute Gasteiger partial charge is 0.225 e. The Kier molecular flexibility index (Phi) is 0.772. The fraction of sp³-hybridized carbons (Fsp3) is 0.556. The SMILES string of the molecule is [2H]c1nc(N2C([2H])([2H])C([2H])([2H])C([2H])([2H])C([2H])([2H])C2([2H])[2H])nc([2H])c1Br. The fourth-order valence-corrected chi connectivity index (χ4v) is 0.852. The highest BCUT2D eigenvalue weighted by Crippen LogP contribution is 2.16. The molecule has 0 N–H and O–H groups in total. The van der Waals surface area contributed by atoms with Gasteiger partial charge in [0.2, 0.25) is 5.95 Å². The van der Waals surface area contributed by atoms with Crippen molar-refractivity contribution >= 4 is 21.9 Å². The first-order valence-electron chi connectivity index (χ1n) is 9.25. The van der Waals surface area contributed by atoms with Crippen LogP contribution in [-0.4, -0.2) is 23.0 Å². The van der Waals surface area contributed by atoms with Crippen molar-refractivity contribution in [2.45, 2.75) is 19.1 Å². The average Bonchev–Trinajstić information content (AvgIpc) is 2.42.